The maximum atomic E-state index is 13.5. The van der Waals surface area contributed by atoms with Gasteiger partial charge < -0.3 is 15.9 Å². The van der Waals surface area contributed by atoms with Crippen molar-refractivity contribution >= 4 is 46.8 Å². The number of fused-ring (bicyclic) bond motifs is 1. The predicted octanol–water partition coefficient (Wildman–Crippen LogP) is 2.13. The molecule has 2 saturated carbocycles. The average Bonchev–Trinajstić information content (AvgIpc) is 3.12. The van der Waals surface area contributed by atoms with Crippen molar-refractivity contribution in [1.29, 1.82) is 0 Å². The molecule has 154 valence electrons. The van der Waals surface area contributed by atoms with Crippen LogP contribution in [0.15, 0.2) is 33.1 Å². The van der Waals surface area contributed by atoms with Crippen molar-refractivity contribution in [2.24, 2.45) is 39.4 Å². The highest BCUT2D eigenvalue weighted by Gasteiger charge is 2.77. The molecule has 2 aliphatic carbocycles. The zero-order valence-electron chi connectivity index (χ0n) is 15.5. The first-order chi connectivity index (χ1) is 13.7. The lowest BCUT2D eigenvalue weighted by molar-refractivity contribution is -0.146. The first kappa shape index (κ1) is 20.4. The minimum atomic E-state index is -1.64. The van der Waals surface area contributed by atoms with E-state index >= 15 is 0 Å². The molecule has 10 heteroatoms. The van der Waals surface area contributed by atoms with Gasteiger partial charge in [0.25, 0.3) is 0 Å². The highest BCUT2D eigenvalue weighted by atomic mass is 32.2. The predicted molar refractivity (Wildman–Crippen MR) is 110 cm³/mol. The summed E-state index contributed by atoms with van der Waals surface area (Å²) < 4.78 is 13.5. The second-order valence-corrected chi connectivity index (χ2v) is 9.79. The number of nitrogens with two attached hydrogens (primary N) is 1. The molecule has 1 heterocycles. The molecule has 1 aromatic carbocycles. The Bertz CT molecular complexity index is 940. The van der Waals surface area contributed by atoms with E-state index in [4.69, 9.17) is 5.73 Å². The van der Waals surface area contributed by atoms with Gasteiger partial charge >= 0.3 is 11.9 Å². The van der Waals surface area contributed by atoms with E-state index in [0.29, 0.717) is 23.0 Å². The number of hydrogen-bond acceptors (Lipinski definition) is 7. The van der Waals surface area contributed by atoms with Crippen molar-refractivity contribution in [1.82, 2.24) is 0 Å². The van der Waals surface area contributed by atoms with Gasteiger partial charge in [0.1, 0.15) is 11.4 Å². The van der Waals surface area contributed by atoms with Gasteiger partial charge in [0.15, 0.2) is 5.17 Å². The third-order valence-electron chi connectivity index (χ3n) is 5.98. The molecule has 0 bridgehead atoms. The van der Waals surface area contributed by atoms with Crippen LogP contribution in [0.25, 0.3) is 0 Å². The Balaban J connectivity index is 1.62. The van der Waals surface area contributed by atoms with Crippen LogP contribution in [0, 0.1) is 36.4 Å². The Kier molecular flexibility index (Phi) is 5.20. The highest BCUT2D eigenvalue weighted by Crippen LogP contribution is 2.67. The summed E-state index contributed by atoms with van der Waals surface area (Å²) in [5.74, 6) is -4.33. The molecule has 7 nitrogen and oxygen atoms in total. The molecular weight excluding hydrogens is 417 g/mol. The van der Waals surface area contributed by atoms with Gasteiger partial charge in [-0.25, -0.2) is 9.38 Å². The van der Waals surface area contributed by atoms with Crippen LogP contribution in [-0.2, 0) is 9.59 Å². The topological polar surface area (TPSA) is 125 Å². The van der Waals surface area contributed by atoms with Crippen molar-refractivity contribution in [3.63, 3.8) is 0 Å². The third kappa shape index (κ3) is 3.36. The van der Waals surface area contributed by atoms with Gasteiger partial charge in [0, 0.05) is 33.9 Å². The maximum absolute atomic E-state index is 13.5. The second-order valence-electron chi connectivity index (χ2n) is 7.55. The fraction of sp³-hybridized carbons (Fsp3) is 0.474. The number of carboxylic acid groups (broad SMARTS) is 2. The molecular formula is C19H20FN3O4S2. The number of hydrogen-bond donors (Lipinski definition) is 3. The van der Waals surface area contributed by atoms with Gasteiger partial charge in [-0.2, -0.15) is 0 Å². The van der Waals surface area contributed by atoms with E-state index in [9.17, 15) is 24.2 Å². The number of rotatable bonds is 6. The Hall–Kier alpha value is -1.91. The van der Waals surface area contributed by atoms with E-state index in [1.807, 2.05) is 0 Å². The van der Waals surface area contributed by atoms with Gasteiger partial charge in [-0.15, -0.1) is 11.8 Å². The molecule has 6 atom stereocenters. The first-order valence-corrected chi connectivity index (χ1v) is 11.0. The number of carbonyl (C=O) groups is 2. The number of benzene rings is 1. The number of aliphatic carboxylic acids is 2. The quantitative estimate of drug-likeness (QED) is 0.582. The van der Waals surface area contributed by atoms with Crippen LogP contribution in [-0.4, -0.2) is 56.6 Å². The molecule has 0 saturated heterocycles. The molecule has 1 aromatic rings. The van der Waals surface area contributed by atoms with Crippen LogP contribution in [0.5, 0.6) is 0 Å². The minimum absolute atomic E-state index is 0.301. The molecule has 29 heavy (non-hydrogen) atoms. The van der Waals surface area contributed by atoms with Crippen LogP contribution < -0.4 is 5.73 Å². The highest BCUT2D eigenvalue weighted by molar-refractivity contribution is 8.14. The van der Waals surface area contributed by atoms with Gasteiger partial charge in [-0.1, -0.05) is 11.8 Å². The Morgan fingerprint density at radius 1 is 1.38 bits per heavy atom. The molecule has 0 radical (unpaired) electrons. The van der Waals surface area contributed by atoms with Gasteiger partial charge in [0.2, 0.25) is 0 Å². The van der Waals surface area contributed by atoms with Gasteiger partial charge in [-0.3, -0.25) is 14.6 Å². The Morgan fingerprint density at radius 3 is 2.72 bits per heavy atom. The summed E-state index contributed by atoms with van der Waals surface area (Å²) >= 11 is 2.73. The summed E-state index contributed by atoms with van der Waals surface area (Å²) in [6.45, 7) is 2.13. The monoisotopic (exact) mass is 437 g/mol. The number of amidine groups is 1. The van der Waals surface area contributed by atoms with Crippen molar-refractivity contribution in [2.45, 2.75) is 22.6 Å². The van der Waals surface area contributed by atoms with E-state index in [0.717, 1.165) is 4.90 Å². The third-order valence-corrected chi connectivity index (χ3v) is 8.46. The molecule has 2 fully saturated rings. The summed E-state index contributed by atoms with van der Waals surface area (Å²) in [6.07, 6.45) is 1.66. The number of halogens is 1. The molecule has 4 rings (SSSR count). The molecule has 0 amide bonds. The zero-order valence-corrected chi connectivity index (χ0v) is 17.1. The summed E-state index contributed by atoms with van der Waals surface area (Å²) in [4.78, 5) is 33.1. The maximum Gasteiger partial charge on any atom is 0.324 e. The standard InChI is InChI=1S/C19H20FN3O4S2/c1-8-6-9(2-3-11(8)20)28-7-10-15(29-18-22-4-5-23-18)12-13(16(24)25)14(12)19(10,21)17(26)27/h2-4,6,10,12-15H,5,7,21H2,1H3,(H,24,25)(H,26,27)/t10-,12+,13+,14+,15-,19+/m1/s1. The van der Waals surface area contributed by atoms with E-state index < -0.39 is 35.2 Å². The summed E-state index contributed by atoms with van der Waals surface area (Å²) in [5, 5.41) is 19.7. The van der Waals surface area contributed by atoms with Crippen molar-refractivity contribution in [3.05, 3.63) is 29.6 Å². The van der Waals surface area contributed by atoms with Crippen LogP contribution in [0.3, 0.4) is 0 Å². The van der Waals surface area contributed by atoms with E-state index in [-0.39, 0.29) is 17.0 Å². The second kappa shape index (κ2) is 7.41. The summed E-state index contributed by atoms with van der Waals surface area (Å²) in [6, 6.07) is 4.74. The van der Waals surface area contributed by atoms with Gasteiger partial charge in [0.05, 0.1) is 12.5 Å². The van der Waals surface area contributed by atoms with Crippen molar-refractivity contribution < 1.29 is 24.2 Å². The SMILES string of the molecule is Cc1cc(SC[C@@H]2[C@@H](SC3=NCC=N3)[C@H]3[C@H](C(=O)O)[C@H]3[C@]2(N)C(=O)O)ccc1F. The van der Waals surface area contributed by atoms with Crippen LogP contribution >= 0.6 is 23.5 Å². The van der Waals surface area contributed by atoms with Gasteiger partial charge in [-0.05, 0) is 36.6 Å². The fourth-order valence-corrected chi connectivity index (χ4v) is 7.43. The van der Waals surface area contributed by atoms with E-state index in [2.05, 4.69) is 9.98 Å². The normalized spacial score (nSPS) is 34.7. The summed E-state index contributed by atoms with van der Waals surface area (Å²) in [7, 11) is 0. The molecule has 3 aliphatic rings. The smallest absolute Gasteiger partial charge is 0.324 e. The lowest BCUT2D eigenvalue weighted by atomic mass is 9.82. The average molecular weight is 438 g/mol. The van der Waals surface area contributed by atoms with Crippen LogP contribution in [0.2, 0.25) is 0 Å². The number of aliphatic imine (C=N–C) groups is 2. The van der Waals surface area contributed by atoms with E-state index in [1.165, 1.54) is 29.6 Å². The lowest BCUT2D eigenvalue weighted by Crippen LogP contribution is -2.57. The molecule has 4 N–H and O–H groups in total. The number of nitrogens with zero attached hydrogens (tertiary/aromatic N) is 2. The van der Waals surface area contributed by atoms with Crippen molar-refractivity contribution in [3.8, 4) is 0 Å². The number of thioether (sulfide) groups is 2. The zero-order chi connectivity index (χ0) is 20.9. The molecule has 1 aliphatic heterocycles. The van der Waals surface area contributed by atoms with E-state index in [1.54, 1.807) is 25.3 Å². The fourth-order valence-electron chi connectivity index (χ4n) is 4.52. The number of aryl methyl sites for hydroxylation is 1. The van der Waals surface area contributed by atoms with Crippen LogP contribution in [0.1, 0.15) is 5.56 Å². The molecule has 0 unspecified atom stereocenters. The summed E-state index contributed by atoms with van der Waals surface area (Å²) in [5.41, 5.74) is 5.28. The van der Waals surface area contributed by atoms with Crippen LogP contribution in [0.4, 0.5) is 4.39 Å². The minimum Gasteiger partial charge on any atom is -0.481 e. The largest absolute Gasteiger partial charge is 0.481 e. The first-order valence-electron chi connectivity index (χ1n) is 9.12. The molecule has 0 spiro atoms. The lowest BCUT2D eigenvalue weighted by Gasteiger charge is -2.34. The number of carboxylic acids is 2. The Morgan fingerprint density at radius 2 is 2.14 bits per heavy atom. The molecule has 0 aromatic heterocycles. The Labute approximate surface area is 175 Å². The van der Waals surface area contributed by atoms with Crippen molar-refractivity contribution in [2.75, 3.05) is 12.3 Å².